The van der Waals surface area contributed by atoms with Crippen molar-refractivity contribution in [2.45, 2.75) is 52.0 Å². The molecule has 0 spiro atoms. The van der Waals surface area contributed by atoms with Gasteiger partial charge >= 0.3 is 0 Å². The minimum atomic E-state index is 0.0469. The molecule has 0 aromatic heterocycles. The molecule has 3 atom stereocenters. The van der Waals surface area contributed by atoms with Gasteiger partial charge in [0.15, 0.2) is 0 Å². The molecule has 0 aromatic carbocycles. The maximum atomic E-state index is 11.8. The SMILES string of the molecule is CCCCNC(=O)C1CCCC(C)C1N. The first-order valence-electron chi connectivity index (χ1n) is 6.20. The fourth-order valence-corrected chi connectivity index (χ4v) is 2.27. The smallest absolute Gasteiger partial charge is 0.224 e. The van der Waals surface area contributed by atoms with Crippen LogP contribution >= 0.6 is 0 Å². The van der Waals surface area contributed by atoms with E-state index in [2.05, 4.69) is 19.2 Å². The van der Waals surface area contributed by atoms with Gasteiger partial charge in [-0.2, -0.15) is 0 Å². The van der Waals surface area contributed by atoms with Crippen molar-refractivity contribution in [3.8, 4) is 0 Å². The molecule has 0 bridgehead atoms. The zero-order chi connectivity index (χ0) is 11.3. The minimum Gasteiger partial charge on any atom is -0.356 e. The van der Waals surface area contributed by atoms with E-state index >= 15 is 0 Å². The Morgan fingerprint density at radius 1 is 1.47 bits per heavy atom. The maximum absolute atomic E-state index is 11.8. The summed E-state index contributed by atoms with van der Waals surface area (Å²) >= 11 is 0. The quantitative estimate of drug-likeness (QED) is 0.696. The lowest BCUT2D eigenvalue weighted by Crippen LogP contribution is -2.47. The van der Waals surface area contributed by atoms with Crippen molar-refractivity contribution in [2.75, 3.05) is 6.54 Å². The third-order valence-electron chi connectivity index (χ3n) is 3.46. The number of carbonyl (C=O) groups excluding carboxylic acids is 1. The molecule has 1 saturated carbocycles. The topological polar surface area (TPSA) is 55.1 Å². The predicted octanol–water partition coefficient (Wildman–Crippen LogP) is 1.67. The van der Waals surface area contributed by atoms with E-state index in [0.29, 0.717) is 5.92 Å². The Balaban J connectivity index is 2.37. The number of hydrogen-bond donors (Lipinski definition) is 2. The Bertz CT molecular complexity index is 206. The molecule has 1 amide bonds. The van der Waals surface area contributed by atoms with Crippen molar-refractivity contribution in [3.05, 3.63) is 0 Å². The first kappa shape index (κ1) is 12.5. The van der Waals surface area contributed by atoms with Crippen molar-refractivity contribution in [1.29, 1.82) is 0 Å². The molecule has 0 saturated heterocycles. The lowest BCUT2D eigenvalue weighted by atomic mass is 9.78. The fourth-order valence-electron chi connectivity index (χ4n) is 2.27. The van der Waals surface area contributed by atoms with Gasteiger partial charge in [-0.3, -0.25) is 4.79 Å². The van der Waals surface area contributed by atoms with Gasteiger partial charge in [0.25, 0.3) is 0 Å². The summed E-state index contributed by atoms with van der Waals surface area (Å²) in [7, 11) is 0. The number of amides is 1. The van der Waals surface area contributed by atoms with Crippen LogP contribution in [0.4, 0.5) is 0 Å². The van der Waals surface area contributed by atoms with Crippen molar-refractivity contribution < 1.29 is 4.79 Å². The van der Waals surface area contributed by atoms with E-state index in [9.17, 15) is 4.79 Å². The number of carbonyl (C=O) groups is 1. The first-order chi connectivity index (χ1) is 7.16. The van der Waals surface area contributed by atoms with Gasteiger partial charge in [0.2, 0.25) is 5.91 Å². The van der Waals surface area contributed by atoms with Crippen molar-refractivity contribution >= 4 is 5.91 Å². The van der Waals surface area contributed by atoms with Gasteiger partial charge in [-0.05, 0) is 25.2 Å². The molecule has 88 valence electrons. The zero-order valence-electron chi connectivity index (χ0n) is 9.96. The van der Waals surface area contributed by atoms with Gasteiger partial charge in [-0.25, -0.2) is 0 Å². The second-order valence-corrected chi connectivity index (χ2v) is 4.74. The average molecular weight is 212 g/mol. The van der Waals surface area contributed by atoms with Crippen LogP contribution in [0.5, 0.6) is 0 Å². The molecule has 1 rings (SSSR count). The molecular weight excluding hydrogens is 188 g/mol. The molecule has 0 radical (unpaired) electrons. The lowest BCUT2D eigenvalue weighted by molar-refractivity contribution is -0.127. The second kappa shape index (κ2) is 6.11. The molecule has 0 heterocycles. The van der Waals surface area contributed by atoms with Gasteiger partial charge in [-0.1, -0.05) is 26.7 Å². The highest BCUT2D eigenvalue weighted by atomic mass is 16.1. The third-order valence-corrected chi connectivity index (χ3v) is 3.46. The predicted molar refractivity (Wildman–Crippen MR) is 62.4 cm³/mol. The van der Waals surface area contributed by atoms with Gasteiger partial charge < -0.3 is 11.1 Å². The zero-order valence-corrected chi connectivity index (χ0v) is 9.96. The van der Waals surface area contributed by atoms with Crippen molar-refractivity contribution in [2.24, 2.45) is 17.6 Å². The number of hydrogen-bond acceptors (Lipinski definition) is 2. The second-order valence-electron chi connectivity index (χ2n) is 4.74. The molecule has 0 aliphatic heterocycles. The number of unbranched alkanes of at least 4 members (excludes halogenated alkanes) is 1. The average Bonchev–Trinajstić information content (AvgIpc) is 2.22. The Kier molecular flexibility index (Phi) is 5.09. The largest absolute Gasteiger partial charge is 0.356 e. The van der Waals surface area contributed by atoms with Crippen LogP contribution in [0.2, 0.25) is 0 Å². The van der Waals surface area contributed by atoms with Crippen molar-refractivity contribution in [3.63, 3.8) is 0 Å². The highest BCUT2D eigenvalue weighted by molar-refractivity contribution is 5.79. The maximum Gasteiger partial charge on any atom is 0.224 e. The summed E-state index contributed by atoms with van der Waals surface area (Å²) in [4.78, 5) is 11.8. The van der Waals surface area contributed by atoms with Gasteiger partial charge in [0.05, 0.1) is 5.92 Å². The van der Waals surface area contributed by atoms with Gasteiger partial charge in [0.1, 0.15) is 0 Å². The van der Waals surface area contributed by atoms with E-state index in [4.69, 9.17) is 5.73 Å². The van der Waals surface area contributed by atoms with Crippen LogP contribution in [0.1, 0.15) is 46.0 Å². The Labute approximate surface area is 92.8 Å². The molecule has 3 heteroatoms. The fraction of sp³-hybridized carbons (Fsp3) is 0.917. The lowest BCUT2D eigenvalue weighted by Gasteiger charge is -2.32. The monoisotopic (exact) mass is 212 g/mol. The molecular formula is C12H24N2O. The van der Waals surface area contributed by atoms with Crippen LogP contribution in [-0.2, 0) is 4.79 Å². The summed E-state index contributed by atoms with van der Waals surface area (Å²) in [6.07, 6.45) is 5.45. The third kappa shape index (κ3) is 3.49. The summed E-state index contributed by atoms with van der Waals surface area (Å²) in [6, 6.07) is 0.0559. The van der Waals surface area contributed by atoms with E-state index in [1.807, 2.05) is 0 Å². The van der Waals surface area contributed by atoms with Crippen LogP contribution in [0.15, 0.2) is 0 Å². The van der Waals surface area contributed by atoms with E-state index in [-0.39, 0.29) is 17.9 Å². The Morgan fingerprint density at radius 2 is 2.20 bits per heavy atom. The summed E-state index contributed by atoms with van der Waals surface area (Å²) in [5.74, 6) is 0.703. The summed E-state index contributed by atoms with van der Waals surface area (Å²) in [5.41, 5.74) is 6.07. The van der Waals surface area contributed by atoms with E-state index in [1.54, 1.807) is 0 Å². The summed E-state index contributed by atoms with van der Waals surface area (Å²) in [6.45, 7) is 5.07. The highest BCUT2D eigenvalue weighted by Gasteiger charge is 2.32. The minimum absolute atomic E-state index is 0.0469. The summed E-state index contributed by atoms with van der Waals surface area (Å²) < 4.78 is 0. The molecule has 3 unspecified atom stereocenters. The van der Waals surface area contributed by atoms with E-state index < -0.39 is 0 Å². The number of nitrogens with two attached hydrogens (primary N) is 1. The summed E-state index contributed by atoms with van der Waals surface area (Å²) in [5, 5.41) is 2.99. The highest BCUT2D eigenvalue weighted by Crippen LogP contribution is 2.27. The van der Waals surface area contributed by atoms with Gasteiger partial charge in [0, 0.05) is 12.6 Å². The molecule has 0 aromatic rings. The number of nitrogens with one attached hydrogen (secondary N) is 1. The molecule has 1 aliphatic rings. The van der Waals surface area contributed by atoms with E-state index in [1.165, 1.54) is 6.42 Å². The Morgan fingerprint density at radius 3 is 2.87 bits per heavy atom. The normalized spacial score (nSPS) is 31.3. The van der Waals surface area contributed by atoms with Crippen LogP contribution in [0.3, 0.4) is 0 Å². The first-order valence-corrected chi connectivity index (χ1v) is 6.20. The number of rotatable bonds is 4. The standard InChI is InChI=1S/C12H24N2O/c1-3-4-8-14-12(15)10-7-5-6-9(2)11(10)13/h9-11H,3-8,13H2,1-2H3,(H,14,15). The molecule has 1 fully saturated rings. The van der Waals surface area contributed by atoms with Crippen LogP contribution in [0, 0.1) is 11.8 Å². The molecule has 3 nitrogen and oxygen atoms in total. The van der Waals surface area contributed by atoms with Crippen molar-refractivity contribution in [1.82, 2.24) is 5.32 Å². The van der Waals surface area contributed by atoms with Crippen LogP contribution < -0.4 is 11.1 Å². The van der Waals surface area contributed by atoms with Crippen LogP contribution in [0.25, 0.3) is 0 Å². The van der Waals surface area contributed by atoms with Crippen LogP contribution in [-0.4, -0.2) is 18.5 Å². The molecule has 15 heavy (non-hydrogen) atoms. The molecule has 3 N–H and O–H groups in total. The van der Waals surface area contributed by atoms with Gasteiger partial charge in [-0.15, -0.1) is 0 Å². The molecule has 1 aliphatic carbocycles. The Hall–Kier alpha value is -0.570. The van der Waals surface area contributed by atoms with E-state index in [0.717, 1.165) is 32.2 Å².